The second kappa shape index (κ2) is 6.99. The Hall–Kier alpha value is -1.79. The summed E-state index contributed by atoms with van der Waals surface area (Å²) in [6.07, 6.45) is 3.72. The van der Waals surface area contributed by atoms with Gasteiger partial charge in [-0.05, 0) is 44.0 Å². The van der Waals surface area contributed by atoms with E-state index in [0.717, 1.165) is 52.2 Å². The van der Waals surface area contributed by atoms with E-state index in [1.165, 1.54) is 6.42 Å². The third-order valence-corrected chi connectivity index (χ3v) is 4.98. The summed E-state index contributed by atoms with van der Waals surface area (Å²) in [6, 6.07) is 5.43. The van der Waals surface area contributed by atoms with Gasteiger partial charge in [-0.15, -0.1) is 0 Å². The van der Waals surface area contributed by atoms with Crippen LogP contribution in [0.25, 0.3) is 0 Å². The molecule has 0 bridgehead atoms. The second-order valence-electron chi connectivity index (χ2n) is 6.65. The number of rotatable bonds is 3. The summed E-state index contributed by atoms with van der Waals surface area (Å²) in [5.74, 6) is 1.45. The molecule has 0 aliphatic carbocycles. The number of fused-ring (bicyclic) bond motifs is 1. The lowest BCUT2D eigenvalue weighted by Gasteiger charge is -2.24. The molecule has 3 aliphatic rings. The standard InChI is InChI=1S/C18H24N2O4/c21-18(14-4-5-16-17(11-14)24-13-23-16)20-7-2-6-19(8-9-20)12-15-3-1-10-22-15/h4-5,11,15H,1-3,6-10,12-13H2/t15-/m1/s1. The molecule has 0 aromatic heterocycles. The highest BCUT2D eigenvalue weighted by Gasteiger charge is 2.25. The van der Waals surface area contributed by atoms with E-state index in [0.29, 0.717) is 23.2 Å². The van der Waals surface area contributed by atoms with E-state index in [9.17, 15) is 4.79 Å². The normalized spacial score (nSPS) is 24.2. The van der Waals surface area contributed by atoms with Crippen LogP contribution in [0, 0.1) is 0 Å². The Bertz CT molecular complexity index is 601. The smallest absolute Gasteiger partial charge is 0.254 e. The Balaban J connectivity index is 1.36. The molecule has 0 radical (unpaired) electrons. The van der Waals surface area contributed by atoms with E-state index < -0.39 is 0 Å². The monoisotopic (exact) mass is 332 g/mol. The summed E-state index contributed by atoms with van der Waals surface area (Å²) in [5, 5.41) is 0. The maximum Gasteiger partial charge on any atom is 0.254 e. The summed E-state index contributed by atoms with van der Waals surface area (Å²) in [7, 11) is 0. The highest BCUT2D eigenvalue weighted by molar-refractivity contribution is 5.95. The van der Waals surface area contributed by atoms with Crippen molar-refractivity contribution in [3.63, 3.8) is 0 Å². The van der Waals surface area contributed by atoms with Gasteiger partial charge in [0.1, 0.15) is 0 Å². The van der Waals surface area contributed by atoms with Gasteiger partial charge in [-0.3, -0.25) is 9.69 Å². The lowest BCUT2D eigenvalue weighted by atomic mass is 10.1. The molecule has 1 aromatic carbocycles. The molecular formula is C18H24N2O4. The Labute approximate surface area is 142 Å². The van der Waals surface area contributed by atoms with Gasteiger partial charge in [0, 0.05) is 38.3 Å². The van der Waals surface area contributed by atoms with Crippen LogP contribution in [-0.4, -0.2) is 67.9 Å². The number of hydrogen-bond acceptors (Lipinski definition) is 5. The quantitative estimate of drug-likeness (QED) is 0.844. The number of hydrogen-bond donors (Lipinski definition) is 0. The van der Waals surface area contributed by atoms with Crippen molar-refractivity contribution in [2.45, 2.75) is 25.4 Å². The van der Waals surface area contributed by atoms with Gasteiger partial charge < -0.3 is 19.1 Å². The largest absolute Gasteiger partial charge is 0.454 e. The van der Waals surface area contributed by atoms with Crippen LogP contribution in [0.3, 0.4) is 0 Å². The minimum atomic E-state index is 0.0762. The van der Waals surface area contributed by atoms with E-state index in [2.05, 4.69) is 4.90 Å². The fourth-order valence-electron chi connectivity index (χ4n) is 3.65. The molecule has 3 heterocycles. The molecule has 1 aromatic rings. The predicted molar refractivity (Wildman–Crippen MR) is 88.5 cm³/mol. The summed E-state index contributed by atoms with van der Waals surface area (Å²) in [5.41, 5.74) is 0.673. The van der Waals surface area contributed by atoms with Crippen LogP contribution >= 0.6 is 0 Å². The average Bonchev–Trinajstić information content (AvgIpc) is 3.22. The van der Waals surface area contributed by atoms with Crippen LogP contribution in [0.2, 0.25) is 0 Å². The molecule has 24 heavy (non-hydrogen) atoms. The molecule has 0 spiro atoms. The topological polar surface area (TPSA) is 51.2 Å². The zero-order chi connectivity index (χ0) is 16.4. The van der Waals surface area contributed by atoms with Crippen molar-refractivity contribution in [2.75, 3.05) is 46.1 Å². The SMILES string of the molecule is O=C(c1ccc2c(c1)OCO2)N1CCCN(C[C@H]2CCCO2)CC1. The van der Waals surface area contributed by atoms with Crippen molar-refractivity contribution in [3.05, 3.63) is 23.8 Å². The van der Waals surface area contributed by atoms with Crippen LogP contribution in [0.5, 0.6) is 11.5 Å². The molecule has 2 saturated heterocycles. The summed E-state index contributed by atoms with van der Waals surface area (Å²) in [6.45, 7) is 5.63. The fourth-order valence-corrected chi connectivity index (χ4v) is 3.65. The van der Waals surface area contributed by atoms with Crippen LogP contribution in [0.4, 0.5) is 0 Å². The van der Waals surface area contributed by atoms with Crippen molar-refractivity contribution in [1.29, 1.82) is 0 Å². The molecular weight excluding hydrogens is 308 g/mol. The van der Waals surface area contributed by atoms with Gasteiger partial charge in [0.2, 0.25) is 6.79 Å². The number of amides is 1. The van der Waals surface area contributed by atoms with E-state index in [1.807, 2.05) is 17.0 Å². The van der Waals surface area contributed by atoms with Crippen LogP contribution in [0.1, 0.15) is 29.6 Å². The van der Waals surface area contributed by atoms with Crippen LogP contribution < -0.4 is 9.47 Å². The highest BCUT2D eigenvalue weighted by atomic mass is 16.7. The van der Waals surface area contributed by atoms with E-state index in [4.69, 9.17) is 14.2 Å². The van der Waals surface area contributed by atoms with Gasteiger partial charge in [0.05, 0.1) is 6.10 Å². The predicted octanol–water partition coefficient (Wildman–Crippen LogP) is 1.74. The Kier molecular flexibility index (Phi) is 4.58. The van der Waals surface area contributed by atoms with Gasteiger partial charge in [0.25, 0.3) is 5.91 Å². The molecule has 130 valence electrons. The zero-order valence-corrected chi connectivity index (χ0v) is 13.9. The average molecular weight is 332 g/mol. The van der Waals surface area contributed by atoms with E-state index in [-0.39, 0.29) is 12.7 Å². The summed E-state index contributed by atoms with van der Waals surface area (Å²) < 4.78 is 16.4. The lowest BCUT2D eigenvalue weighted by Crippen LogP contribution is -2.37. The molecule has 4 rings (SSSR count). The first kappa shape index (κ1) is 15.7. The fraction of sp³-hybridized carbons (Fsp3) is 0.611. The van der Waals surface area contributed by atoms with Crippen molar-refractivity contribution >= 4 is 5.91 Å². The zero-order valence-electron chi connectivity index (χ0n) is 13.9. The second-order valence-corrected chi connectivity index (χ2v) is 6.65. The highest BCUT2D eigenvalue weighted by Crippen LogP contribution is 2.32. The number of ether oxygens (including phenoxy) is 3. The van der Waals surface area contributed by atoms with Crippen LogP contribution in [0.15, 0.2) is 18.2 Å². The van der Waals surface area contributed by atoms with Gasteiger partial charge in [-0.1, -0.05) is 0 Å². The van der Waals surface area contributed by atoms with Crippen molar-refractivity contribution in [1.82, 2.24) is 9.80 Å². The van der Waals surface area contributed by atoms with Crippen molar-refractivity contribution in [2.24, 2.45) is 0 Å². The van der Waals surface area contributed by atoms with Crippen molar-refractivity contribution in [3.8, 4) is 11.5 Å². The molecule has 1 amide bonds. The van der Waals surface area contributed by atoms with Crippen molar-refractivity contribution < 1.29 is 19.0 Å². The molecule has 6 nitrogen and oxygen atoms in total. The molecule has 1 atom stereocenters. The molecule has 3 aliphatic heterocycles. The van der Waals surface area contributed by atoms with Crippen LogP contribution in [-0.2, 0) is 4.74 Å². The van der Waals surface area contributed by atoms with Gasteiger partial charge in [0.15, 0.2) is 11.5 Å². The lowest BCUT2D eigenvalue weighted by molar-refractivity contribution is 0.0704. The Morgan fingerprint density at radius 3 is 2.88 bits per heavy atom. The minimum absolute atomic E-state index is 0.0762. The molecule has 6 heteroatoms. The number of carbonyl (C=O) groups excluding carboxylic acids is 1. The minimum Gasteiger partial charge on any atom is -0.454 e. The Morgan fingerprint density at radius 1 is 1.08 bits per heavy atom. The summed E-state index contributed by atoms with van der Waals surface area (Å²) in [4.78, 5) is 17.2. The third-order valence-electron chi connectivity index (χ3n) is 4.98. The first-order valence-corrected chi connectivity index (χ1v) is 8.82. The number of carbonyl (C=O) groups is 1. The van der Waals surface area contributed by atoms with E-state index >= 15 is 0 Å². The number of benzene rings is 1. The van der Waals surface area contributed by atoms with Gasteiger partial charge in [-0.2, -0.15) is 0 Å². The number of nitrogens with zero attached hydrogens (tertiary/aromatic N) is 2. The summed E-state index contributed by atoms with van der Waals surface area (Å²) >= 11 is 0. The maximum absolute atomic E-state index is 12.8. The van der Waals surface area contributed by atoms with Gasteiger partial charge in [-0.25, -0.2) is 0 Å². The molecule has 0 N–H and O–H groups in total. The van der Waals surface area contributed by atoms with Gasteiger partial charge >= 0.3 is 0 Å². The first-order valence-electron chi connectivity index (χ1n) is 8.82. The molecule has 0 saturated carbocycles. The van der Waals surface area contributed by atoms with E-state index in [1.54, 1.807) is 6.07 Å². The Morgan fingerprint density at radius 2 is 2.00 bits per heavy atom. The molecule has 0 unspecified atom stereocenters. The first-order chi connectivity index (χ1) is 11.8. The third kappa shape index (κ3) is 3.35. The molecule has 2 fully saturated rings. The maximum atomic E-state index is 12.8.